The molecule has 0 atom stereocenters. The van der Waals surface area contributed by atoms with Crippen molar-refractivity contribution < 1.29 is 0 Å². The van der Waals surface area contributed by atoms with Gasteiger partial charge in [0.05, 0.1) is 0 Å². The summed E-state index contributed by atoms with van der Waals surface area (Å²) in [6, 6.07) is 21.0. The molecule has 3 nitrogen and oxygen atoms in total. The van der Waals surface area contributed by atoms with E-state index in [9.17, 15) is 4.79 Å². The van der Waals surface area contributed by atoms with Crippen LogP contribution in [0.15, 0.2) is 70.6 Å². The Labute approximate surface area is 178 Å². The van der Waals surface area contributed by atoms with Crippen LogP contribution in [0.3, 0.4) is 0 Å². The molecule has 29 heavy (non-hydrogen) atoms. The number of fused-ring (bicyclic) bond motifs is 2. The SMILES string of the molecule is O=c1c2c(sc3c1nc(SCc1ccccc1)n3CCc1ccccc1)CCC2. The van der Waals surface area contributed by atoms with Gasteiger partial charge in [0.1, 0.15) is 10.3 Å². The molecule has 146 valence electrons. The van der Waals surface area contributed by atoms with Crippen molar-refractivity contribution in [1.82, 2.24) is 9.55 Å². The molecule has 2 aromatic heterocycles. The van der Waals surface area contributed by atoms with E-state index < -0.39 is 0 Å². The summed E-state index contributed by atoms with van der Waals surface area (Å²) in [5, 5.41) is 0.955. The van der Waals surface area contributed by atoms with E-state index in [1.807, 2.05) is 12.1 Å². The molecule has 0 fully saturated rings. The fourth-order valence-electron chi connectivity index (χ4n) is 3.91. The van der Waals surface area contributed by atoms with E-state index in [-0.39, 0.29) is 5.43 Å². The third kappa shape index (κ3) is 3.77. The second kappa shape index (κ2) is 8.17. The number of imidazole rings is 1. The lowest BCUT2D eigenvalue weighted by molar-refractivity contribution is 0.655. The second-order valence-corrected chi connectivity index (χ2v) is 9.42. The molecule has 0 spiro atoms. The summed E-state index contributed by atoms with van der Waals surface area (Å²) >= 11 is 3.51. The molecule has 0 aliphatic heterocycles. The Bertz CT molecular complexity index is 1200. The van der Waals surface area contributed by atoms with Gasteiger partial charge in [-0.2, -0.15) is 0 Å². The van der Waals surface area contributed by atoms with Gasteiger partial charge in [-0.3, -0.25) is 4.79 Å². The van der Waals surface area contributed by atoms with Crippen molar-refractivity contribution in [2.45, 2.75) is 43.1 Å². The highest BCUT2D eigenvalue weighted by molar-refractivity contribution is 7.98. The third-order valence-corrected chi connectivity index (χ3v) is 7.79. The van der Waals surface area contributed by atoms with Crippen LogP contribution in [0.4, 0.5) is 0 Å². The average molecular weight is 419 g/mol. The van der Waals surface area contributed by atoms with E-state index >= 15 is 0 Å². The van der Waals surface area contributed by atoms with Crippen LogP contribution < -0.4 is 5.43 Å². The number of hydrogen-bond acceptors (Lipinski definition) is 4. The summed E-state index contributed by atoms with van der Waals surface area (Å²) in [6.45, 7) is 0.840. The van der Waals surface area contributed by atoms with Crippen LogP contribution in [-0.4, -0.2) is 9.55 Å². The molecule has 2 aromatic carbocycles. The second-order valence-electron chi connectivity index (χ2n) is 7.40. The fraction of sp³-hybridized carbons (Fsp3) is 0.250. The van der Waals surface area contributed by atoms with Gasteiger partial charge in [0.2, 0.25) is 5.43 Å². The molecule has 0 saturated heterocycles. The first-order valence-electron chi connectivity index (χ1n) is 10.1. The van der Waals surface area contributed by atoms with Crippen LogP contribution in [0.1, 0.15) is 28.0 Å². The standard InChI is InChI=1S/C24H22N2OS2/c27-22-19-12-7-13-20(19)29-23-21(22)25-24(28-16-18-10-5-2-6-11-18)26(23)15-14-17-8-3-1-4-9-17/h1-6,8-11H,7,12-16H2. The monoisotopic (exact) mass is 418 g/mol. The zero-order valence-corrected chi connectivity index (χ0v) is 17.8. The Morgan fingerprint density at radius 3 is 2.45 bits per heavy atom. The van der Waals surface area contributed by atoms with E-state index in [4.69, 9.17) is 4.98 Å². The summed E-state index contributed by atoms with van der Waals surface area (Å²) in [7, 11) is 0. The van der Waals surface area contributed by atoms with Crippen LogP contribution in [0.2, 0.25) is 0 Å². The van der Waals surface area contributed by atoms with Crippen molar-refractivity contribution in [2.75, 3.05) is 0 Å². The summed E-state index contributed by atoms with van der Waals surface area (Å²) in [5.74, 6) is 0.855. The molecule has 0 bridgehead atoms. The number of benzene rings is 2. The first kappa shape index (κ1) is 18.6. The van der Waals surface area contributed by atoms with Gasteiger partial charge < -0.3 is 4.57 Å². The smallest absolute Gasteiger partial charge is 0.211 e. The Balaban J connectivity index is 1.53. The molecular weight excluding hydrogens is 396 g/mol. The highest BCUT2D eigenvalue weighted by atomic mass is 32.2. The van der Waals surface area contributed by atoms with Crippen LogP contribution in [-0.2, 0) is 31.6 Å². The highest BCUT2D eigenvalue weighted by Gasteiger charge is 2.22. The van der Waals surface area contributed by atoms with Gasteiger partial charge in [0.25, 0.3) is 0 Å². The quantitative estimate of drug-likeness (QED) is 0.389. The summed E-state index contributed by atoms with van der Waals surface area (Å²) in [5.41, 5.74) is 4.41. The molecule has 0 saturated carbocycles. The molecule has 5 rings (SSSR count). The lowest BCUT2D eigenvalue weighted by Gasteiger charge is -2.09. The van der Waals surface area contributed by atoms with Gasteiger partial charge in [-0.25, -0.2) is 4.98 Å². The normalized spacial score (nSPS) is 13.1. The lowest BCUT2D eigenvalue weighted by Crippen LogP contribution is -2.08. The minimum absolute atomic E-state index is 0.159. The molecule has 1 aliphatic rings. The first-order valence-corrected chi connectivity index (χ1v) is 11.9. The maximum Gasteiger partial charge on any atom is 0.211 e. The maximum atomic E-state index is 13.1. The number of aromatic nitrogens is 2. The summed E-state index contributed by atoms with van der Waals surface area (Å²) < 4.78 is 2.28. The van der Waals surface area contributed by atoms with Crippen molar-refractivity contribution in [1.29, 1.82) is 0 Å². The van der Waals surface area contributed by atoms with Crippen LogP contribution in [0.25, 0.3) is 10.3 Å². The Kier molecular flexibility index (Phi) is 5.25. The Morgan fingerprint density at radius 2 is 1.69 bits per heavy atom. The zero-order chi connectivity index (χ0) is 19.6. The molecular formula is C24H22N2OS2. The summed E-state index contributed by atoms with van der Waals surface area (Å²) in [6.07, 6.45) is 3.96. The van der Waals surface area contributed by atoms with E-state index in [2.05, 4.69) is 53.1 Å². The van der Waals surface area contributed by atoms with Crippen molar-refractivity contribution in [3.05, 3.63) is 92.5 Å². The van der Waals surface area contributed by atoms with Crippen LogP contribution >= 0.6 is 23.1 Å². The van der Waals surface area contributed by atoms with Crippen molar-refractivity contribution in [3.8, 4) is 0 Å². The molecule has 1 aliphatic carbocycles. The van der Waals surface area contributed by atoms with Crippen molar-refractivity contribution in [2.24, 2.45) is 0 Å². The number of aryl methyl sites for hydroxylation is 3. The lowest BCUT2D eigenvalue weighted by atomic mass is 10.1. The molecule has 0 amide bonds. The Hall–Kier alpha value is -2.37. The third-order valence-electron chi connectivity index (χ3n) is 5.44. The van der Waals surface area contributed by atoms with Gasteiger partial charge in [0.15, 0.2) is 5.16 Å². The molecule has 0 radical (unpaired) electrons. The number of thioether (sulfide) groups is 1. The zero-order valence-electron chi connectivity index (χ0n) is 16.1. The maximum absolute atomic E-state index is 13.1. The van der Waals surface area contributed by atoms with E-state index in [0.717, 1.165) is 53.5 Å². The average Bonchev–Trinajstić information content (AvgIpc) is 3.37. The van der Waals surface area contributed by atoms with Gasteiger partial charge >= 0.3 is 0 Å². The topological polar surface area (TPSA) is 34.9 Å². The number of rotatable bonds is 6. The largest absolute Gasteiger partial charge is 0.310 e. The minimum Gasteiger partial charge on any atom is -0.310 e. The van der Waals surface area contributed by atoms with E-state index in [1.54, 1.807) is 23.1 Å². The highest BCUT2D eigenvalue weighted by Crippen LogP contribution is 2.33. The van der Waals surface area contributed by atoms with E-state index in [0.29, 0.717) is 5.52 Å². The number of nitrogens with zero attached hydrogens (tertiary/aromatic N) is 2. The van der Waals surface area contributed by atoms with Gasteiger partial charge in [-0.15, -0.1) is 11.3 Å². The Morgan fingerprint density at radius 1 is 0.966 bits per heavy atom. The first-order chi connectivity index (χ1) is 14.3. The molecule has 0 N–H and O–H groups in total. The fourth-order valence-corrected chi connectivity index (χ4v) is 6.27. The molecule has 5 heteroatoms. The summed E-state index contributed by atoms with van der Waals surface area (Å²) in [4.78, 5) is 20.2. The van der Waals surface area contributed by atoms with Crippen LogP contribution in [0.5, 0.6) is 0 Å². The van der Waals surface area contributed by atoms with Crippen molar-refractivity contribution in [3.63, 3.8) is 0 Å². The minimum atomic E-state index is 0.159. The van der Waals surface area contributed by atoms with Gasteiger partial charge in [-0.1, -0.05) is 72.4 Å². The predicted octanol–water partition coefficient (Wildman–Crippen LogP) is 5.48. The number of hydrogen-bond donors (Lipinski definition) is 0. The van der Waals surface area contributed by atoms with Crippen LogP contribution in [0, 0.1) is 0 Å². The van der Waals surface area contributed by atoms with Crippen molar-refractivity contribution >= 4 is 33.4 Å². The molecule has 4 aromatic rings. The van der Waals surface area contributed by atoms with Gasteiger partial charge in [-0.05, 0) is 36.8 Å². The van der Waals surface area contributed by atoms with E-state index in [1.165, 1.54) is 16.0 Å². The molecule has 2 heterocycles. The van der Waals surface area contributed by atoms with Gasteiger partial charge in [0, 0.05) is 22.7 Å². The predicted molar refractivity (Wildman–Crippen MR) is 122 cm³/mol. The molecule has 0 unspecified atom stereocenters.